The molecule has 22 heavy (non-hydrogen) atoms. The predicted molar refractivity (Wildman–Crippen MR) is 86.7 cm³/mol. The number of anilines is 1. The average molecular weight is 322 g/mol. The molecule has 118 valence electrons. The van der Waals surface area contributed by atoms with Gasteiger partial charge in [0.2, 0.25) is 5.91 Å². The zero-order chi connectivity index (χ0) is 16.9. The number of benzene rings is 1. The van der Waals surface area contributed by atoms with Crippen molar-refractivity contribution in [1.82, 2.24) is 4.90 Å². The first-order valence-electron chi connectivity index (χ1n) is 7.08. The van der Waals surface area contributed by atoms with E-state index in [9.17, 15) is 9.59 Å². The van der Waals surface area contributed by atoms with Gasteiger partial charge in [-0.25, -0.2) is 0 Å². The summed E-state index contributed by atoms with van der Waals surface area (Å²) in [6.07, 6.45) is 0. The van der Waals surface area contributed by atoms with Gasteiger partial charge in [0, 0.05) is 18.8 Å². The summed E-state index contributed by atoms with van der Waals surface area (Å²) in [5.41, 5.74) is -0.292. The van der Waals surface area contributed by atoms with Crippen LogP contribution in [0.15, 0.2) is 18.2 Å². The standard InChI is InChI=1S/C16H20ClN3O2/c1-5-20(6-2)14(21)12-8-7-11(9-13(12)17)19-15(22)16(3,4)10-18/h7-9H,5-6H2,1-4H3,(H,19,22). The second-order valence-corrected chi connectivity index (χ2v) is 5.77. The smallest absolute Gasteiger partial charge is 0.255 e. The monoisotopic (exact) mass is 321 g/mol. The van der Waals surface area contributed by atoms with Crippen LogP contribution in [0.5, 0.6) is 0 Å². The van der Waals surface area contributed by atoms with E-state index in [1.165, 1.54) is 19.9 Å². The van der Waals surface area contributed by atoms with Crippen LogP contribution in [-0.2, 0) is 4.79 Å². The van der Waals surface area contributed by atoms with Crippen LogP contribution >= 0.6 is 11.6 Å². The maximum Gasteiger partial charge on any atom is 0.255 e. The molecule has 0 atom stereocenters. The highest BCUT2D eigenvalue weighted by Gasteiger charge is 2.27. The Balaban J connectivity index is 2.98. The summed E-state index contributed by atoms with van der Waals surface area (Å²) in [6, 6.07) is 6.63. The molecular weight excluding hydrogens is 302 g/mol. The van der Waals surface area contributed by atoms with E-state index in [0.29, 0.717) is 24.3 Å². The molecule has 0 bridgehead atoms. The number of carbonyl (C=O) groups excluding carboxylic acids is 2. The molecule has 0 saturated carbocycles. The molecule has 0 aromatic heterocycles. The van der Waals surface area contributed by atoms with Crippen LogP contribution in [0.25, 0.3) is 0 Å². The van der Waals surface area contributed by atoms with E-state index >= 15 is 0 Å². The molecule has 0 radical (unpaired) electrons. The van der Waals surface area contributed by atoms with E-state index in [4.69, 9.17) is 16.9 Å². The lowest BCUT2D eigenvalue weighted by Gasteiger charge is -2.20. The molecule has 0 unspecified atom stereocenters. The summed E-state index contributed by atoms with van der Waals surface area (Å²) in [6.45, 7) is 8.05. The minimum absolute atomic E-state index is 0.148. The van der Waals surface area contributed by atoms with Crippen molar-refractivity contribution >= 4 is 29.1 Å². The maximum atomic E-state index is 12.3. The lowest BCUT2D eigenvalue weighted by molar-refractivity contribution is -0.121. The third-order valence-electron chi connectivity index (χ3n) is 3.36. The third-order valence-corrected chi connectivity index (χ3v) is 3.67. The second kappa shape index (κ2) is 7.28. The minimum Gasteiger partial charge on any atom is -0.339 e. The second-order valence-electron chi connectivity index (χ2n) is 5.36. The van der Waals surface area contributed by atoms with Crippen LogP contribution in [0.2, 0.25) is 5.02 Å². The Bertz CT molecular complexity index is 616. The number of nitriles is 1. The summed E-state index contributed by atoms with van der Waals surface area (Å²) >= 11 is 6.15. The summed E-state index contributed by atoms with van der Waals surface area (Å²) in [5.74, 6) is -0.570. The van der Waals surface area contributed by atoms with E-state index in [-0.39, 0.29) is 10.9 Å². The zero-order valence-corrected chi connectivity index (χ0v) is 14.0. The lowest BCUT2D eigenvalue weighted by Crippen LogP contribution is -2.31. The van der Waals surface area contributed by atoms with Crippen LogP contribution in [0.1, 0.15) is 38.1 Å². The van der Waals surface area contributed by atoms with Gasteiger partial charge in [0.15, 0.2) is 0 Å². The van der Waals surface area contributed by atoms with Crippen LogP contribution in [0.4, 0.5) is 5.69 Å². The molecule has 0 aliphatic heterocycles. The Hall–Kier alpha value is -2.06. The maximum absolute atomic E-state index is 12.3. The highest BCUT2D eigenvalue weighted by atomic mass is 35.5. The van der Waals surface area contributed by atoms with Gasteiger partial charge in [-0.3, -0.25) is 9.59 Å². The van der Waals surface area contributed by atoms with Crippen molar-refractivity contribution in [2.24, 2.45) is 5.41 Å². The first kappa shape index (κ1) is 18.0. The quantitative estimate of drug-likeness (QED) is 0.904. The first-order valence-corrected chi connectivity index (χ1v) is 7.46. The van der Waals surface area contributed by atoms with Gasteiger partial charge in [-0.15, -0.1) is 0 Å². The molecule has 0 heterocycles. The van der Waals surface area contributed by atoms with Gasteiger partial charge in [0.25, 0.3) is 5.91 Å². The van der Waals surface area contributed by atoms with Crippen LogP contribution < -0.4 is 5.32 Å². The highest BCUT2D eigenvalue weighted by Crippen LogP contribution is 2.24. The Kier molecular flexibility index (Phi) is 5.95. The van der Waals surface area contributed by atoms with Crippen molar-refractivity contribution in [3.63, 3.8) is 0 Å². The number of nitrogens with one attached hydrogen (secondary N) is 1. The number of hydrogen-bond acceptors (Lipinski definition) is 3. The van der Waals surface area contributed by atoms with Crippen molar-refractivity contribution in [2.75, 3.05) is 18.4 Å². The fourth-order valence-electron chi connectivity index (χ4n) is 1.79. The summed E-state index contributed by atoms with van der Waals surface area (Å²) < 4.78 is 0. The largest absolute Gasteiger partial charge is 0.339 e. The van der Waals surface area contributed by atoms with E-state index < -0.39 is 11.3 Å². The molecule has 0 spiro atoms. The molecular formula is C16H20ClN3O2. The molecule has 1 N–H and O–H groups in total. The number of halogens is 1. The number of amides is 2. The third kappa shape index (κ3) is 3.99. The van der Waals surface area contributed by atoms with Gasteiger partial charge in [-0.2, -0.15) is 5.26 Å². The number of hydrogen-bond donors (Lipinski definition) is 1. The van der Waals surface area contributed by atoms with Crippen LogP contribution in [0.3, 0.4) is 0 Å². The molecule has 2 amide bonds. The summed E-state index contributed by atoms with van der Waals surface area (Å²) in [7, 11) is 0. The van der Waals surface area contributed by atoms with Gasteiger partial charge in [0.1, 0.15) is 5.41 Å². The Morgan fingerprint density at radius 3 is 2.36 bits per heavy atom. The van der Waals surface area contributed by atoms with Gasteiger partial charge < -0.3 is 10.2 Å². The van der Waals surface area contributed by atoms with E-state index in [1.807, 2.05) is 19.9 Å². The molecule has 1 aromatic carbocycles. The van der Waals surface area contributed by atoms with Gasteiger partial charge in [-0.05, 0) is 45.9 Å². The molecule has 6 heteroatoms. The molecule has 0 aliphatic carbocycles. The van der Waals surface area contributed by atoms with E-state index in [2.05, 4.69) is 5.32 Å². The molecule has 0 fully saturated rings. The van der Waals surface area contributed by atoms with Gasteiger partial charge in [0.05, 0.1) is 16.7 Å². The van der Waals surface area contributed by atoms with Gasteiger partial charge in [-0.1, -0.05) is 11.6 Å². The van der Waals surface area contributed by atoms with Gasteiger partial charge >= 0.3 is 0 Å². The Morgan fingerprint density at radius 1 is 1.32 bits per heavy atom. The minimum atomic E-state index is -1.14. The molecule has 0 aliphatic rings. The molecule has 5 nitrogen and oxygen atoms in total. The number of nitrogens with zero attached hydrogens (tertiary/aromatic N) is 2. The van der Waals surface area contributed by atoms with Crippen molar-refractivity contribution in [2.45, 2.75) is 27.7 Å². The number of rotatable bonds is 5. The van der Waals surface area contributed by atoms with Crippen molar-refractivity contribution in [3.05, 3.63) is 28.8 Å². The fourth-order valence-corrected chi connectivity index (χ4v) is 2.05. The SMILES string of the molecule is CCN(CC)C(=O)c1ccc(NC(=O)C(C)(C)C#N)cc1Cl. The topological polar surface area (TPSA) is 73.2 Å². The first-order chi connectivity index (χ1) is 10.3. The fraction of sp³-hybridized carbons (Fsp3) is 0.438. The molecule has 1 aromatic rings. The molecule has 1 rings (SSSR count). The zero-order valence-electron chi connectivity index (χ0n) is 13.2. The Labute approximate surface area is 135 Å². The summed E-state index contributed by atoms with van der Waals surface area (Å²) in [4.78, 5) is 25.9. The van der Waals surface area contributed by atoms with Crippen LogP contribution in [0, 0.1) is 16.7 Å². The van der Waals surface area contributed by atoms with E-state index in [0.717, 1.165) is 0 Å². The Morgan fingerprint density at radius 2 is 1.91 bits per heavy atom. The van der Waals surface area contributed by atoms with Crippen molar-refractivity contribution in [3.8, 4) is 6.07 Å². The van der Waals surface area contributed by atoms with Crippen molar-refractivity contribution in [1.29, 1.82) is 5.26 Å². The highest BCUT2D eigenvalue weighted by molar-refractivity contribution is 6.34. The lowest BCUT2D eigenvalue weighted by atomic mass is 9.94. The average Bonchev–Trinajstić information content (AvgIpc) is 2.48. The summed E-state index contributed by atoms with van der Waals surface area (Å²) in [5, 5.41) is 11.8. The normalized spacial score (nSPS) is 10.7. The number of carbonyl (C=O) groups is 2. The van der Waals surface area contributed by atoms with E-state index in [1.54, 1.807) is 17.0 Å². The predicted octanol–water partition coefficient (Wildman–Crippen LogP) is 3.31. The van der Waals surface area contributed by atoms with Crippen molar-refractivity contribution < 1.29 is 9.59 Å². The molecule has 0 saturated heterocycles. The van der Waals surface area contributed by atoms with Crippen LogP contribution in [-0.4, -0.2) is 29.8 Å².